The summed E-state index contributed by atoms with van der Waals surface area (Å²) < 4.78 is 28.5. The highest BCUT2D eigenvalue weighted by molar-refractivity contribution is 7.89. The molecule has 0 aliphatic carbocycles. The summed E-state index contributed by atoms with van der Waals surface area (Å²) in [7, 11) is 0.348. The lowest BCUT2D eigenvalue weighted by Gasteiger charge is -2.17. The Labute approximate surface area is 186 Å². The van der Waals surface area contributed by atoms with Crippen molar-refractivity contribution in [1.29, 1.82) is 0 Å². The van der Waals surface area contributed by atoms with E-state index in [0.29, 0.717) is 11.4 Å². The van der Waals surface area contributed by atoms with Crippen LogP contribution in [0.4, 0.5) is 5.69 Å². The van der Waals surface area contributed by atoms with Crippen LogP contribution in [0.1, 0.15) is 64.2 Å². The molecule has 0 aliphatic heterocycles. The number of anilines is 1. The number of carboxylic acid groups (broad SMARTS) is 1. The molecule has 0 aromatic heterocycles. The Morgan fingerprint density at radius 3 is 2.00 bits per heavy atom. The van der Waals surface area contributed by atoms with Crippen molar-refractivity contribution in [2.45, 2.75) is 69.1 Å². The van der Waals surface area contributed by atoms with E-state index >= 15 is 0 Å². The Balaban J connectivity index is 1.72. The molecular weight excluding hydrogens is 412 g/mol. The number of nitrogens with one attached hydrogen (secondary N) is 1. The third-order valence-electron chi connectivity index (χ3n) is 5.49. The van der Waals surface area contributed by atoms with Crippen molar-refractivity contribution >= 4 is 32.5 Å². The van der Waals surface area contributed by atoms with E-state index in [1.807, 2.05) is 43.3 Å². The standard InChI is InChI=1S/C24H36N2O4S/c1-26(2)22-16-12-15-21-20(22)14-13-17-23(21)31(29,30)25-19-11-9-7-5-3-4-6-8-10-18-24(27)28/h12-17,25H,3-11,18-19H2,1-2H3,(H,27,28). The topological polar surface area (TPSA) is 86.7 Å². The van der Waals surface area contributed by atoms with Gasteiger partial charge in [0.15, 0.2) is 0 Å². The minimum absolute atomic E-state index is 0.269. The smallest absolute Gasteiger partial charge is 0.303 e. The first-order valence-electron chi connectivity index (χ1n) is 11.2. The highest BCUT2D eigenvalue weighted by atomic mass is 32.2. The molecule has 2 N–H and O–H groups in total. The Kier molecular flexibility index (Phi) is 10.3. The quantitative estimate of drug-likeness (QED) is 0.367. The molecule has 0 amide bonds. The van der Waals surface area contributed by atoms with Gasteiger partial charge in [-0.3, -0.25) is 4.79 Å². The summed E-state index contributed by atoms with van der Waals surface area (Å²) >= 11 is 0. The van der Waals surface area contributed by atoms with E-state index in [9.17, 15) is 13.2 Å². The number of fused-ring (bicyclic) bond motifs is 1. The fraction of sp³-hybridized carbons (Fsp3) is 0.542. The molecule has 2 rings (SSSR count). The van der Waals surface area contributed by atoms with E-state index in [4.69, 9.17) is 5.11 Å². The predicted octanol–water partition coefficient (Wildman–Crippen LogP) is 5.17. The highest BCUT2D eigenvalue weighted by Gasteiger charge is 2.17. The molecule has 0 saturated carbocycles. The molecule has 0 spiro atoms. The second kappa shape index (κ2) is 12.7. The molecule has 0 heterocycles. The van der Waals surface area contributed by atoms with E-state index < -0.39 is 16.0 Å². The van der Waals surface area contributed by atoms with Crippen molar-refractivity contribution in [3.63, 3.8) is 0 Å². The molecule has 0 bridgehead atoms. The summed E-state index contributed by atoms with van der Waals surface area (Å²) in [4.78, 5) is 12.8. The molecule has 7 heteroatoms. The van der Waals surface area contributed by atoms with Gasteiger partial charge < -0.3 is 10.0 Å². The fourth-order valence-electron chi connectivity index (χ4n) is 3.81. The first-order chi connectivity index (χ1) is 14.8. The molecule has 0 atom stereocenters. The maximum atomic E-state index is 12.9. The van der Waals surface area contributed by atoms with Gasteiger partial charge >= 0.3 is 5.97 Å². The summed E-state index contributed by atoms with van der Waals surface area (Å²) in [5, 5.41) is 10.3. The highest BCUT2D eigenvalue weighted by Crippen LogP contribution is 2.30. The fourth-order valence-corrected chi connectivity index (χ4v) is 5.11. The first kappa shape index (κ1) is 25.1. The van der Waals surface area contributed by atoms with E-state index in [-0.39, 0.29) is 6.42 Å². The van der Waals surface area contributed by atoms with Crippen LogP contribution in [-0.4, -0.2) is 40.1 Å². The van der Waals surface area contributed by atoms with E-state index in [2.05, 4.69) is 4.72 Å². The lowest BCUT2D eigenvalue weighted by atomic mass is 10.1. The van der Waals surface area contributed by atoms with Gasteiger partial charge in [0, 0.05) is 43.5 Å². The Morgan fingerprint density at radius 2 is 1.39 bits per heavy atom. The lowest BCUT2D eigenvalue weighted by molar-refractivity contribution is -0.137. The third-order valence-corrected chi connectivity index (χ3v) is 7.01. The molecule has 0 radical (unpaired) electrons. The summed E-state index contributed by atoms with van der Waals surface area (Å²) in [6, 6.07) is 11.2. The van der Waals surface area contributed by atoms with Crippen LogP contribution in [0.2, 0.25) is 0 Å². The molecule has 2 aromatic rings. The van der Waals surface area contributed by atoms with Gasteiger partial charge in [-0.2, -0.15) is 0 Å². The summed E-state index contributed by atoms with van der Waals surface area (Å²) in [6.07, 6.45) is 9.47. The van der Waals surface area contributed by atoms with Gasteiger partial charge in [0.2, 0.25) is 10.0 Å². The number of nitrogens with zero attached hydrogens (tertiary/aromatic N) is 1. The van der Waals surface area contributed by atoms with Gasteiger partial charge in [0.25, 0.3) is 0 Å². The molecule has 2 aromatic carbocycles. The van der Waals surface area contributed by atoms with Crippen LogP contribution < -0.4 is 9.62 Å². The Morgan fingerprint density at radius 1 is 0.839 bits per heavy atom. The van der Waals surface area contributed by atoms with Gasteiger partial charge in [-0.25, -0.2) is 13.1 Å². The van der Waals surface area contributed by atoms with Crippen LogP contribution in [0, 0.1) is 0 Å². The van der Waals surface area contributed by atoms with Crippen LogP contribution in [0.5, 0.6) is 0 Å². The van der Waals surface area contributed by atoms with Crippen molar-refractivity contribution in [3.8, 4) is 0 Å². The second-order valence-corrected chi connectivity index (χ2v) is 9.98. The minimum atomic E-state index is -3.56. The number of carboxylic acids is 1. The van der Waals surface area contributed by atoms with Crippen molar-refractivity contribution in [2.75, 3.05) is 25.5 Å². The normalized spacial score (nSPS) is 11.7. The van der Waals surface area contributed by atoms with Gasteiger partial charge in [-0.1, -0.05) is 69.2 Å². The Bertz CT molecular complexity index is 942. The average Bonchev–Trinajstić information content (AvgIpc) is 2.73. The number of sulfonamides is 1. The maximum absolute atomic E-state index is 12.9. The molecule has 0 unspecified atom stereocenters. The van der Waals surface area contributed by atoms with Crippen LogP contribution in [0.3, 0.4) is 0 Å². The van der Waals surface area contributed by atoms with Crippen molar-refractivity contribution in [3.05, 3.63) is 36.4 Å². The summed E-state index contributed by atoms with van der Waals surface area (Å²) in [6.45, 7) is 0.446. The number of hydrogen-bond acceptors (Lipinski definition) is 4. The number of carbonyl (C=O) groups is 1. The number of hydrogen-bond donors (Lipinski definition) is 2. The van der Waals surface area contributed by atoms with E-state index in [0.717, 1.165) is 74.2 Å². The predicted molar refractivity (Wildman–Crippen MR) is 127 cm³/mol. The van der Waals surface area contributed by atoms with E-state index in [1.165, 1.54) is 0 Å². The third kappa shape index (κ3) is 8.15. The van der Waals surface area contributed by atoms with Gasteiger partial charge in [-0.15, -0.1) is 0 Å². The van der Waals surface area contributed by atoms with Crippen LogP contribution in [0.25, 0.3) is 10.8 Å². The molecular formula is C24H36N2O4S. The molecule has 0 fully saturated rings. The molecule has 0 aliphatic rings. The first-order valence-corrected chi connectivity index (χ1v) is 12.7. The number of rotatable bonds is 15. The zero-order chi connectivity index (χ0) is 22.7. The summed E-state index contributed by atoms with van der Waals surface area (Å²) in [5.41, 5.74) is 0.997. The maximum Gasteiger partial charge on any atom is 0.303 e. The number of benzene rings is 2. The molecule has 0 saturated heterocycles. The monoisotopic (exact) mass is 448 g/mol. The van der Waals surface area contributed by atoms with Crippen LogP contribution >= 0.6 is 0 Å². The van der Waals surface area contributed by atoms with Gasteiger partial charge in [0.05, 0.1) is 4.90 Å². The SMILES string of the molecule is CN(C)c1cccc2c(S(=O)(=O)NCCCCCCCCCCCC(=O)O)cccc12. The van der Waals surface area contributed by atoms with Crippen molar-refractivity contribution in [1.82, 2.24) is 4.72 Å². The molecule has 6 nitrogen and oxygen atoms in total. The number of unbranched alkanes of at least 4 members (excludes halogenated alkanes) is 8. The largest absolute Gasteiger partial charge is 0.481 e. The summed E-state index contributed by atoms with van der Waals surface area (Å²) in [5.74, 6) is -0.714. The second-order valence-electron chi connectivity index (χ2n) is 8.25. The van der Waals surface area contributed by atoms with Gasteiger partial charge in [-0.05, 0) is 25.0 Å². The van der Waals surface area contributed by atoms with Crippen molar-refractivity contribution in [2.24, 2.45) is 0 Å². The van der Waals surface area contributed by atoms with Crippen LogP contribution in [-0.2, 0) is 14.8 Å². The minimum Gasteiger partial charge on any atom is -0.481 e. The molecule has 31 heavy (non-hydrogen) atoms. The van der Waals surface area contributed by atoms with Gasteiger partial charge in [0.1, 0.15) is 0 Å². The molecule has 172 valence electrons. The number of aliphatic carboxylic acids is 1. The average molecular weight is 449 g/mol. The van der Waals surface area contributed by atoms with E-state index in [1.54, 1.807) is 12.1 Å². The van der Waals surface area contributed by atoms with Crippen molar-refractivity contribution < 1.29 is 18.3 Å². The zero-order valence-electron chi connectivity index (χ0n) is 18.8. The Hall–Kier alpha value is -2.12. The zero-order valence-corrected chi connectivity index (χ0v) is 19.6. The van der Waals surface area contributed by atoms with Crippen LogP contribution in [0.15, 0.2) is 41.3 Å². The lowest BCUT2D eigenvalue weighted by Crippen LogP contribution is -2.25.